The summed E-state index contributed by atoms with van der Waals surface area (Å²) in [6.45, 7) is 3.12. The third-order valence-electron chi connectivity index (χ3n) is 6.09. The van der Waals surface area contributed by atoms with Crippen LogP contribution in [-0.2, 0) is 6.54 Å². The van der Waals surface area contributed by atoms with Gasteiger partial charge in [0.25, 0.3) is 0 Å². The number of pyridine rings is 1. The van der Waals surface area contributed by atoms with Gasteiger partial charge in [0.15, 0.2) is 0 Å². The molecule has 3 aromatic carbocycles. The second-order valence-electron chi connectivity index (χ2n) is 8.59. The maximum absolute atomic E-state index is 4.81. The Morgan fingerprint density at radius 3 is 1.72 bits per heavy atom. The van der Waals surface area contributed by atoms with Crippen molar-refractivity contribution in [3.8, 4) is 0 Å². The number of nitrogens with zero attached hydrogens (tertiary/aromatic N) is 1. The van der Waals surface area contributed by atoms with Crippen LogP contribution in [0.15, 0.2) is 78.9 Å². The molecule has 0 aliphatic rings. The van der Waals surface area contributed by atoms with E-state index in [4.69, 9.17) is 4.98 Å². The monoisotopic (exact) mass is 425 g/mol. The van der Waals surface area contributed by atoms with Crippen molar-refractivity contribution >= 4 is 27.5 Å². The Balaban J connectivity index is 1.11. The van der Waals surface area contributed by atoms with Gasteiger partial charge < -0.3 is 10.6 Å². The van der Waals surface area contributed by atoms with Crippen molar-refractivity contribution in [3.05, 3.63) is 84.4 Å². The Morgan fingerprint density at radius 1 is 0.531 bits per heavy atom. The molecule has 0 aliphatic heterocycles. The maximum Gasteiger partial charge on any atom is 0.0730 e. The summed E-state index contributed by atoms with van der Waals surface area (Å²) in [5.41, 5.74) is 4.72. The molecule has 0 unspecified atom stereocenters. The lowest BCUT2D eigenvalue weighted by molar-refractivity contribution is 0.560. The van der Waals surface area contributed by atoms with Crippen molar-refractivity contribution in [1.82, 2.24) is 10.3 Å². The number of aromatic nitrogens is 1. The van der Waals surface area contributed by atoms with Gasteiger partial charge in [0.1, 0.15) is 0 Å². The molecule has 1 aromatic heterocycles. The highest BCUT2D eigenvalue weighted by Crippen LogP contribution is 2.30. The predicted molar refractivity (Wildman–Crippen MR) is 138 cm³/mol. The number of hydrogen-bond acceptors (Lipinski definition) is 3. The van der Waals surface area contributed by atoms with Crippen molar-refractivity contribution in [2.24, 2.45) is 0 Å². The molecular weight excluding hydrogens is 390 g/mol. The number of nitrogens with one attached hydrogen (secondary N) is 2. The molecule has 0 radical (unpaired) electrons. The highest BCUT2D eigenvalue weighted by atomic mass is 14.9. The van der Waals surface area contributed by atoms with Crippen molar-refractivity contribution in [2.45, 2.75) is 51.5 Å². The van der Waals surface area contributed by atoms with Gasteiger partial charge in [0.05, 0.1) is 16.7 Å². The summed E-state index contributed by atoms with van der Waals surface area (Å²) < 4.78 is 0. The molecule has 32 heavy (non-hydrogen) atoms. The Labute approximate surface area is 192 Å². The molecule has 0 bridgehead atoms. The van der Waals surface area contributed by atoms with Crippen LogP contribution in [0.3, 0.4) is 0 Å². The number of rotatable bonds is 13. The lowest BCUT2D eigenvalue weighted by atomic mass is 10.1. The van der Waals surface area contributed by atoms with Gasteiger partial charge in [-0.05, 0) is 37.1 Å². The van der Waals surface area contributed by atoms with Gasteiger partial charge in [-0.3, -0.25) is 0 Å². The first-order valence-corrected chi connectivity index (χ1v) is 12.2. The molecular formula is C29H35N3. The van der Waals surface area contributed by atoms with Gasteiger partial charge in [-0.1, -0.05) is 98.8 Å². The second kappa shape index (κ2) is 12.2. The molecule has 0 amide bonds. The van der Waals surface area contributed by atoms with E-state index in [1.54, 1.807) is 0 Å². The van der Waals surface area contributed by atoms with Crippen LogP contribution in [0.2, 0.25) is 0 Å². The molecule has 0 spiro atoms. The quantitative estimate of drug-likeness (QED) is 0.174. The summed E-state index contributed by atoms with van der Waals surface area (Å²) in [7, 11) is 0. The number of para-hydroxylation sites is 2. The van der Waals surface area contributed by atoms with Crippen molar-refractivity contribution in [1.29, 1.82) is 0 Å². The van der Waals surface area contributed by atoms with Crippen LogP contribution >= 0.6 is 0 Å². The molecule has 166 valence electrons. The van der Waals surface area contributed by atoms with Crippen molar-refractivity contribution < 1.29 is 0 Å². The van der Waals surface area contributed by atoms with Crippen molar-refractivity contribution in [2.75, 3.05) is 18.4 Å². The third-order valence-corrected chi connectivity index (χ3v) is 6.09. The zero-order valence-corrected chi connectivity index (χ0v) is 19.0. The molecule has 1 heterocycles. The van der Waals surface area contributed by atoms with Gasteiger partial charge in [0, 0.05) is 23.9 Å². The van der Waals surface area contributed by atoms with E-state index in [1.165, 1.54) is 67.0 Å². The van der Waals surface area contributed by atoms with Crippen LogP contribution in [0.5, 0.6) is 0 Å². The lowest BCUT2D eigenvalue weighted by Gasteiger charge is -2.13. The average Bonchev–Trinajstić information content (AvgIpc) is 2.84. The maximum atomic E-state index is 4.81. The van der Waals surface area contributed by atoms with Gasteiger partial charge in [0.2, 0.25) is 0 Å². The van der Waals surface area contributed by atoms with Crippen LogP contribution < -0.4 is 10.6 Å². The molecule has 0 fully saturated rings. The highest BCUT2D eigenvalue weighted by Gasteiger charge is 2.07. The zero-order chi connectivity index (χ0) is 21.8. The summed E-state index contributed by atoms with van der Waals surface area (Å²) in [5.74, 6) is 0. The zero-order valence-electron chi connectivity index (χ0n) is 19.0. The second-order valence-corrected chi connectivity index (χ2v) is 8.59. The molecule has 0 atom stereocenters. The smallest absolute Gasteiger partial charge is 0.0730 e. The summed E-state index contributed by atoms with van der Waals surface area (Å²) in [5, 5.41) is 9.70. The molecule has 0 aliphatic carbocycles. The SMILES string of the molecule is c1ccc(CNCCCCCCCCCNc2c3ccccc3nc3ccccc23)cc1. The van der Waals surface area contributed by atoms with E-state index >= 15 is 0 Å². The molecule has 0 saturated heterocycles. The Bertz CT molecular complexity index is 1040. The standard InChI is InChI=1S/C29H35N3/c1(2-4-13-21-30-23-24-15-7-6-8-16-24)3-5-14-22-31-29-25-17-9-11-19-27(25)32-28-20-12-10-18-26(28)29/h6-12,15-20,30H,1-5,13-14,21-23H2,(H,31,32). The fourth-order valence-electron chi connectivity index (χ4n) is 4.33. The topological polar surface area (TPSA) is 37.0 Å². The minimum atomic E-state index is 0.982. The molecule has 4 rings (SSSR count). The fraction of sp³-hybridized carbons (Fsp3) is 0.345. The van der Waals surface area contributed by atoms with Gasteiger partial charge in [-0.25, -0.2) is 4.98 Å². The number of anilines is 1. The average molecular weight is 426 g/mol. The normalized spacial score (nSPS) is 11.2. The fourth-order valence-corrected chi connectivity index (χ4v) is 4.33. The third kappa shape index (κ3) is 6.30. The summed E-state index contributed by atoms with van der Waals surface area (Å²) in [4.78, 5) is 4.81. The van der Waals surface area contributed by atoms with E-state index in [1.807, 2.05) is 0 Å². The van der Waals surface area contributed by atoms with E-state index < -0.39 is 0 Å². The van der Waals surface area contributed by atoms with Crippen LogP contribution in [0.4, 0.5) is 5.69 Å². The van der Waals surface area contributed by atoms with Gasteiger partial charge in [-0.2, -0.15) is 0 Å². The summed E-state index contributed by atoms with van der Waals surface area (Å²) in [6, 6.07) is 27.5. The number of benzene rings is 3. The minimum absolute atomic E-state index is 0.982. The first-order chi connectivity index (χ1) is 15.9. The van der Waals surface area contributed by atoms with Gasteiger partial charge in [-0.15, -0.1) is 0 Å². The number of unbranched alkanes of at least 4 members (excludes halogenated alkanes) is 6. The first-order valence-electron chi connectivity index (χ1n) is 12.2. The Morgan fingerprint density at radius 2 is 1.06 bits per heavy atom. The number of fused-ring (bicyclic) bond motifs is 2. The molecule has 3 heteroatoms. The lowest BCUT2D eigenvalue weighted by Crippen LogP contribution is -2.14. The van der Waals surface area contributed by atoms with E-state index in [2.05, 4.69) is 89.5 Å². The highest BCUT2D eigenvalue weighted by molar-refractivity contribution is 6.07. The molecule has 3 nitrogen and oxygen atoms in total. The van der Waals surface area contributed by atoms with E-state index in [9.17, 15) is 0 Å². The Kier molecular flexibility index (Phi) is 8.50. The van der Waals surface area contributed by atoms with E-state index in [0.717, 1.165) is 30.7 Å². The van der Waals surface area contributed by atoms with Crippen molar-refractivity contribution in [3.63, 3.8) is 0 Å². The Hall–Kier alpha value is -2.91. The summed E-state index contributed by atoms with van der Waals surface area (Å²) >= 11 is 0. The van der Waals surface area contributed by atoms with E-state index in [-0.39, 0.29) is 0 Å². The van der Waals surface area contributed by atoms with Crippen LogP contribution in [-0.4, -0.2) is 18.1 Å². The van der Waals surface area contributed by atoms with Crippen LogP contribution in [0.1, 0.15) is 50.5 Å². The largest absolute Gasteiger partial charge is 0.384 e. The molecule has 2 N–H and O–H groups in total. The molecule has 4 aromatic rings. The van der Waals surface area contributed by atoms with Gasteiger partial charge >= 0.3 is 0 Å². The minimum Gasteiger partial charge on any atom is -0.384 e. The summed E-state index contributed by atoms with van der Waals surface area (Å²) in [6.07, 6.45) is 9.13. The van der Waals surface area contributed by atoms with Crippen LogP contribution in [0.25, 0.3) is 21.8 Å². The van der Waals surface area contributed by atoms with Crippen LogP contribution in [0, 0.1) is 0 Å². The number of hydrogen-bond donors (Lipinski definition) is 2. The van der Waals surface area contributed by atoms with E-state index in [0.29, 0.717) is 0 Å². The first kappa shape index (κ1) is 22.3. The predicted octanol–water partition coefficient (Wildman–Crippen LogP) is 7.32. The molecule has 0 saturated carbocycles.